The van der Waals surface area contributed by atoms with E-state index in [-0.39, 0.29) is 31.1 Å². The lowest BCUT2D eigenvalue weighted by atomic mass is 10.0. The minimum absolute atomic E-state index is 0.0625. The van der Waals surface area contributed by atoms with Gasteiger partial charge in [0.25, 0.3) is 0 Å². The summed E-state index contributed by atoms with van der Waals surface area (Å²) in [6.45, 7) is 9.02. The fraction of sp³-hybridized carbons (Fsp3) is 0.945. The lowest BCUT2D eigenvalue weighted by molar-refractivity contribution is -0.167. The van der Waals surface area contributed by atoms with E-state index in [1.165, 1.54) is 205 Å². The van der Waals surface area contributed by atoms with Crippen molar-refractivity contribution >= 4 is 17.9 Å². The smallest absolute Gasteiger partial charge is 0.306 e. The second-order valence-electron chi connectivity index (χ2n) is 19.3. The number of rotatable bonds is 50. The van der Waals surface area contributed by atoms with Gasteiger partial charge in [0, 0.05) is 19.3 Å². The summed E-state index contributed by atoms with van der Waals surface area (Å²) >= 11 is 0. The van der Waals surface area contributed by atoms with Gasteiger partial charge in [-0.2, -0.15) is 0 Å². The van der Waals surface area contributed by atoms with E-state index in [9.17, 15) is 14.4 Å². The molecule has 0 saturated heterocycles. The van der Waals surface area contributed by atoms with E-state index in [2.05, 4.69) is 27.7 Å². The zero-order chi connectivity index (χ0) is 44.5. The first kappa shape index (κ1) is 59.4. The maximum absolute atomic E-state index is 12.8. The van der Waals surface area contributed by atoms with Crippen molar-refractivity contribution in [3.63, 3.8) is 0 Å². The van der Waals surface area contributed by atoms with Crippen LogP contribution in [-0.2, 0) is 28.6 Å². The van der Waals surface area contributed by atoms with Crippen molar-refractivity contribution in [1.29, 1.82) is 0 Å². The fourth-order valence-corrected chi connectivity index (χ4v) is 8.39. The van der Waals surface area contributed by atoms with E-state index in [1.807, 2.05) is 0 Å². The molecule has 1 atom stereocenters. The molecule has 0 aromatic rings. The summed E-state index contributed by atoms with van der Waals surface area (Å²) in [5.74, 6) is -0.0180. The van der Waals surface area contributed by atoms with Gasteiger partial charge in [0.2, 0.25) is 0 Å². The number of hydrogen-bond donors (Lipinski definition) is 0. The van der Waals surface area contributed by atoms with Crippen LogP contribution in [0.2, 0.25) is 0 Å². The standard InChI is InChI=1S/C55H106O6/c1-5-7-9-11-13-15-17-18-19-20-21-22-23-24-27-31-35-39-43-47-54(57)60-50-52(49-59-53(56)46-42-38-34-30-16-14-12-10-8-6-2)61-55(58)48-44-40-36-32-28-25-26-29-33-37-41-45-51(3)4/h51-52H,5-50H2,1-4H3/t52-/m1/s1. The van der Waals surface area contributed by atoms with E-state index >= 15 is 0 Å². The number of unbranched alkanes of at least 4 members (excludes halogenated alkanes) is 37. The Bertz CT molecular complexity index is 918. The highest BCUT2D eigenvalue weighted by Crippen LogP contribution is 2.17. The van der Waals surface area contributed by atoms with Crippen LogP contribution in [0.1, 0.15) is 310 Å². The van der Waals surface area contributed by atoms with E-state index < -0.39 is 6.10 Å². The Balaban J connectivity index is 4.23. The van der Waals surface area contributed by atoms with Crippen molar-refractivity contribution in [2.75, 3.05) is 13.2 Å². The largest absolute Gasteiger partial charge is 0.462 e. The zero-order valence-electron chi connectivity index (χ0n) is 41.6. The summed E-state index contributed by atoms with van der Waals surface area (Å²) in [7, 11) is 0. The molecule has 362 valence electrons. The molecule has 6 heteroatoms. The summed E-state index contributed by atoms with van der Waals surface area (Å²) in [4.78, 5) is 38.0. The minimum atomic E-state index is -0.761. The number of esters is 3. The summed E-state index contributed by atoms with van der Waals surface area (Å²) in [5.41, 5.74) is 0. The number of ether oxygens (including phenoxy) is 3. The van der Waals surface area contributed by atoms with E-state index in [1.54, 1.807) is 0 Å². The van der Waals surface area contributed by atoms with Crippen LogP contribution in [0.4, 0.5) is 0 Å². The number of carbonyl (C=O) groups excluding carboxylic acids is 3. The van der Waals surface area contributed by atoms with E-state index in [0.29, 0.717) is 19.3 Å². The predicted molar refractivity (Wildman–Crippen MR) is 261 cm³/mol. The highest BCUT2D eigenvalue weighted by molar-refractivity contribution is 5.71. The van der Waals surface area contributed by atoms with Gasteiger partial charge in [-0.3, -0.25) is 14.4 Å². The molecule has 0 aliphatic heterocycles. The van der Waals surface area contributed by atoms with Crippen molar-refractivity contribution in [2.45, 2.75) is 316 Å². The van der Waals surface area contributed by atoms with Gasteiger partial charge in [-0.1, -0.05) is 272 Å². The maximum atomic E-state index is 12.8. The summed E-state index contributed by atoms with van der Waals surface area (Å²) < 4.78 is 16.8. The molecular weight excluding hydrogens is 757 g/mol. The molecule has 0 fully saturated rings. The molecule has 0 heterocycles. The van der Waals surface area contributed by atoms with Crippen LogP contribution in [0.5, 0.6) is 0 Å². The molecule has 0 saturated carbocycles. The monoisotopic (exact) mass is 863 g/mol. The lowest BCUT2D eigenvalue weighted by Gasteiger charge is -2.18. The summed E-state index contributed by atoms with van der Waals surface area (Å²) in [6, 6.07) is 0. The third-order valence-corrected chi connectivity index (χ3v) is 12.5. The van der Waals surface area contributed by atoms with Crippen molar-refractivity contribution in [2.24, 2.45) is 5.92 Å². The highest BCUT2D eigenvalue weighted by Gasteiger charge is 2.19. The quantitative estimate of drug-likeness (QED) is 0.0344. The first-order valence-corrected chi connectivity index (χ1v) is 27.4. The van der Waals surface area contributed by atoms with Crippen LogP contribution in [-0.4, -0.2) is 37.2 Å². The van der Waals surface area contributed by atoms with Gasteiger partial charge in [-0.15, -0.1) is 0 Å². The van der Waals surface area contributed by atoms with Crippen LogP contribution < -0.4 is 0 Å². The molecule has 0 aliphatic carbocycles. The van der Waals surface area contributed by atoms with Crippen LogP contribution >= 0.6 is 0 Å². The first-order chi connectivity index (χ1) is 29.9. The fourth-order valence-electron chi connectivity index (χ4n) is 8.39. The lowest BCUT2D eigenvalue weighted by Crippen LogP contribution is -2.30. The second-order valence-corrected chi connectivity index (χ2v) is 19.3. The SMILES string of the molecule is CCCCCCCCCCCCCCCCCCCCCC(=O)OC[C@@H](COC(=O)CCCCCCCCCCCC)OC(=O)CCCCCCCCCCCCCC(C)C. The summed E-state index contributed by atoms with van der Waals surface area (Å²) in [6.07, 6.45) is 52.4. The average Bonchev–Trinajstić information content (AvgIpc) is 3.24. The molecule has 61 heavy (non-hydrogen) atoms. The first-order valence-electron chi connectivity index (χ1n) is 27.4. The minimum Gasteiger partial charge on any atom is -0.462 e. The van der Waals surface area contributed by atoms with Crippen molar-refractivity contribution in [3.05, 3.63) is 0 Å². The average molecular weight is 863 g/mol. The van der Waals surface area contributed by atoms with Gasteiger partial charge < -0.3 is 14.2 Å². The van der Waals surface area contributed by atoms with Crippen LogP contribution in [0.15, 0.2) is 0 Å². The maximum Gasteiger partial charge on any atom is 0.306 e. The van der Waals surface area contributed by atoms with Gasteiger partial charge in [0.15, 0.2) is 6.10 Å². The molecule has 0 bridgehead atoms. The Morgan fingerprint density at radius 2 is 0.541 bits per heavy atom. The Morgan fingerprint density at radius 1 is 0.311 bits per heavy atom. The van der Waals surface area contributed by atoms with Gasteiger partial charge in [0.05, 0.1) is 0 Å². The Morgan fingerprint density at radius 3 is 0.803 bits per heavy atom. The molecule has 0 rings (SSSR count). The van der Waals surface area contributed by atoms with E-state index in [0.717, 1.165) is 63.7 Å². The van der Waals surface area contributed by atoms with Gasteiger partial charge in [-0.25, -0.2) is 0 Å². The number of carbonyl (C=O) groups is 3. The van der Waals surface area contributed by atoms with Gasteiger partial charge in [0.1, 0.15) is 13.2 Å². The Labute approximate surface area is 380 Å². The molecule has 0 aliphatic rings. The Kier molecular flexibility index (Phi) is 48.1. The van der Waals surface area contributed by atoms with E-state index in [4.69, 9.17) is 14.2 Å². The third-order valence-electron chi connectivity index (χ3n) is 12.5. The topological polar surface area (TPSA) is 78.9 Å². The van der Waals surface area contributed by atoms with Crippen LogP contribution in [0.25, 0.3) is 0 Å². The zero-order valence-corrected chi connectivity index (χ0v) is 41.6. The van der Waals surface area contributed by atoms with Crippen molar-refractivity contribution in [1.82, 2.24) is 0 Å². The molecule has 6 nitrogen and oxygen atoms in total. The third kappa shape index (κ3) is 49.3. The molecule has 0 amide bonds. The van der Waals surface area contributed by atoms with Gasteiger partial charge in [-0.05, 0) is 25.2 Å². The molecule has 0 radical (unpaired) electrons. The van der Waals surface area contributed by atoms with Crippen molar-refractivity contribution in [3.8, 4) is 0 Å². The molecule has 0 unspecified atom stereocenters. The highest BCUT2D eigenvalue weighted by atomic mass is 16.6. The molecule has 0 N–H and O–H groups in total. The Hall–Kier alpha value is -1.59. The molecular formula is C55H106O6. The summed E-state index contributed by atoms with van der Waals surface area (Å²) in [5, 5.41) is 0. The normalized spacial score (nSPS) is 12.0. The predicted octanol–water partition coefficient (Wildman–Crippen LogP) is 17.8. The molecule has 0 aromatic heterocycles. The second kappa shape index (κ2) is 49.4. The van der Waals surface area contributed by atoms with Crippen LogP contribution in [0, 0.1) is 5.92 Å². The van der Waals surface area contributed by atoms with Gasteiger partial charge >= 0.3 is 17.9 Å². The number of hydrogen-bond acceptors (Lipinski definition) is 6. The van der Waals surface area contributed by atoms with Crippen molar-refractivity contribution < 1.29 is 28.6 Å². The molecule has 0 aromatic carbocycles. The molecule has 0 spiro atoms. The van der Waals surface area contributed by atoms with Crippen LogP contribution in [0.3, 0.4) is 0 Å².